The van der Waals surface area contributed by atoms with E-state index >= 15 is 0 Å². The molecular weight excluding hydrogens is 385 g/mol. The van der Waals surface area contributed by atoms with Crippen molar-refractivity contribution in [2.45, 2.75) is 43.8 Å². The van der Waals surface area contributed by atoms with Crippen LogP contribution in [0.1, 0.15) is 44.3 Å². The quantitative estimate of drug-likeness (QED) is 0.446. The molecule has 0 radical (unpaired) electrons. The molecule has 4 nitrogen and oxygen atoms in total. The van der Waals surface area contributed by atoms with Gasteiger partial charge >= 0.3 is 0 Å². The molecular formula is C20H21ClFN3OS. The molecule has 0 bridgehead atoms. The van der Waals surface area contributed by atoms with Gasteiger partial charge in [0.1, 0.15) is 0 Å². The van der Waals surface area contributed by atoms with E-state index in [1.54, 1.807) is 30.0 Å². The van der Waals surface area contributed by atoms with Crippen molar-refractivity contribution >= 4 is 23.4 Å². The summed E-state index contributed by atoms with van der Waals surface area (Å²) in [6, 6.07) is 14.3. The molecule has 7 heteroatoms. The second-order valence-electron chi connectivity index (χ2n) is 6.41. The Morgan fingerprint density at radius 1 is 1.07 bits per heavy atom. The second-order valence-corrected chi connectivity index (χ2v) is 7.79. The van der Waals surface area contributed by atoms with E-state index in [1.165, 1.54) is 6.07 Å². The monoisotopic (exact) mass is 405 g/mol. The van der Waals surface area contributed by atoms with Crippen molar-refractivity contribution in [1.82, 2.24) is 14.8 Å². The summed E-state index contributed by atoms with van der Waals surface area (Å²) in [4.78, 5) is 0. The predicted octanol–water partition coefficient (Wildman–Crippen LogP) is 6.08. The lowest BCUT2D eigenvalue weighted by molar-refractivity contribution is 0.198. The highest BCUT2D eigenvalue weighted by molar-refractivity contribution is 7.98. The fourth-order valence-corrected chi connectivity index (χ4v) is 3.82. The average molecular weight is 406 g/mol. The van der Waals surface area contributed by atoms with Crippen LogP contribution in [0.2, 0.25) is 5.02 Å². The molecule has 0 aliphatic rings. The number of thioether (sulfide) groups is 1. The van der Waals surface area contributed by atoms with E-state index < -0.39 is 11.9 Å². The molecule has 142 valence electrons. The molecule has 1 atom stereocenters. The van der Waals surface area contributed by atoms with Crippen LogP contribution in [0.3, 0.4) is 0 Å². The summed E-state index contributed by atoms with van der Waals surface area (Å²) in [5.41, 5.74) is 1.15. The number of halogens is 2. The molecule has 0 amide bonds. The Kier molecular flexibility index (Phi) is 6.39. The Labute approximate surface area is 167 Å². The molecule has 27 heavy (non-hydrogen) atoms. The summed E-state index contributed by atoms with van der Waals surface area (Å²) >= 11 is 7.54. The molecule has 1 heterocycles. The number of rotatable bonds is 7. The van der Waals surface area contributed by atoms with Gasteiger partial charge in [-0.2, -0.15) is 0 Å². The smallest absolute Gasteiger partial charge is 0.191 e. The molecule has 1 unspecified atom stereocenters. The number of benzene rings is 2. The highest BCUT2D eigenvalue weighted by Crippen LogP contribution is 2.30. The van der Waals surface area contributed by atoms with Gasteiger partial charge in [-0.25, -0.2) is 4.39 Å². The Balaban J connectivity index is 1.78. The molecule has 0 saturated carbocycles. The standard InChI is InChI=1S/C20H21ClFN3OS/c1-13(2)25-19(14(3)26-18-7-5-4-6-17(18)22)23-24-20(25)27-12-15-8-10-16(21)11-9-15/h4-11,13-14H,12H2,1-3H3. The summed E-state index contributed by atoms with van der Waals surface area (Å²) in [5, 5.41) is 10.2. The first-order valence-electron chi connectivity index (χ1n) is 8.69. The molecule has 0 saturated heterocycles. The van der Waals surface area contributed by atoms with Crippen LogP contribution in [0.4, 0.5) is 4.39 Å². The normalized spacial score (nSPS) is 12.4. The van der Waals surface area contributed by atoms with Crippen molar-refractivity contribution in [3.63, 3.8) is 0 Å². The first-order chi connectivity index (χ1) is 13.0. The van der Waals surface area contributed by atoms with E-state index in [1.807, 2.05) is 35.8 Å². The summed E-state index contributed by atoms with van der Waals surface area (Å²) in [6.07, 6.45) is -0.429. The molecule has 3 aromatic rings. The summed E-state index contributed by atoms with van der Waals surface area (Å²) in [5.74, 6) is 1.24. The number of nitrogens with zero attached hydrogens (tertiary/aromatic N) is 3. The van der Waals surface area contributed by atoms with Crippen LogP contribution in [0.5, 0.6) is 5.75 Å². The minimum atomic E-state index is -0.429. The van der Waals surface area contributed by atoms with Gasteiger partial charge in [0, 0.05) is 16.8 Å². The Bertz CT molecular complexity index is 898. The third-order valence-corrected chi connectivity index (χ3v) is 5.26. The summed E-state index contributed by atoms with van der Waals surface area (Å²) in [7, 11) is 0. The molecule has 3 rings (SSSR count). The molecule has 0 fully saturated rings. The van der Waals surface area contributed by atoms with Gasteiger partial charge in [-0.15, -0.1) is 10.2 Å². The number of aromatic nitrogens is 3. The number of ether oxygens (including phenoxy) is 1. The molecule has 1 aromatic heterocycles. The zero-order chi connectivity index (χ0) is 19.4. The fourth-order valence-electron chi connectivity index (χ4n) is 2.66. The van der Waals surface area contributed by atoms with Crippen molar-refractivity contribution < 1.29 is 9.13 Å². The maximum Gasteiger partial charge on any atom is 0.191 e. The van der Waals surface area contributed by atoms with Crippen molar-refractivity contribution in [3.8, 4) is 5.75 Å². The Hall–Kier alpha value is -2.05. The van der Waals surface area contributed by atoms with E-state index in [2.05, 4.69) is 24.0 Å². The molecule has 0 aliphatic carbocycles. The molecule has 0 N–H and O–H groups in total. The zero-order valence-corrected chi connectivity index (χ0v) is 17.0. The SMILES string of the molecule is CC(Oc1ccccc1F)c1nnc(SCc2ccc(Cl)cc2)n1C(C)C. The summed E-state index contributed by atoms with van der Waals surface area (Å²) in [6.45, 7) is 5.98. The molecule has 0 spiro atoms. The minimum Gasteiger partial charge on any atom is -0.480 e. The topological polar surface area (TPSA) is 39.9 Å². The van der Waals surface area contributed by atoms with E-state index in [0.29, 0.717) is 5.82 Å². The number of para-hydroxylation sites is 1. The van der Waals surface area contributed by atoms with Crippen LogP contribution in [0.25, 0.3) is 0 Å². The van der Waals surface area contributed by atoms with Crippen molar-refractivity contribution in [2.24, 2.45) is 0 Å². The van der Waals surface area contributed by atoms with Gasteiger partial charge in [0.2, 0.25) is 0 Å². The maximum atomic E-state index is 13.9. The van der Waals surface area contributed by atoms with Crippen molar-refractivity contribution in [2.75, 3.05) is 0 Å². The minimum absolute atomic E-state index is 0.148. The lowest BCUT2D eigenvalue weighted by Gasteiger charge is -2.19. The van der Waals surface area contributed by atoms with Gasteiger partial charge in [-0.3, -0.25) is 0 Å². The van der Waals surface area contributed by atoms with Gasteiger partial charge in [-0.1, -0.05) is 47.6 Å². The van der Waals surface area contributed by atoms with E-state index in [4.69, 9.17) is 16.3 Å². The fraction of sp³-hybridized carbons (Fsp3) is 0.300. The maximum absolute atomic E-state index is 13.9. The predicted molar refractivity (Wildman–Crippen MR) is 107 cm³/mol. The molecule has 0 aliphatic heterocycles. The molecule has 2 aromatic carbocycles. The first kappa shape index (κ1) is 19.7. The van der Waals surface area contributed by atoms with Crippen LogP contribution in [0.15, 0.2) is 53.7 Å². The van der Waals surface area contributed by atoms with Gasteiger partial charge in [-0.05, 0) is 50.6 Å². The third-order valence-electron chi connectivity index (χ3n) is 3.99. The van der Waals surface area contributed by atoms with E-state index in [9.17, 15) is 4.39 Å². The first-order valence-corrected chi connectivity index (χ1v) is 10.0. The van der Waals surface area contributed by atoms with E-state index in [-0.39, 0.29) is 11.8 Å². The largest absolute Gasteiger partial charge is 0.480 e. The van der Waals surface area contributed by atoms with Crippen molar-refractivity contribution in [1.29, 1.82) is 0 Å². The van der Waals surface area contributed by atoms with Crippen LogP contribution >= 0.6 is 23.4 Å². The number of hydrogen-bond donors (Lipinski definition) is 0. The van der Waals surface area contributed by atoms with Crippen LogP contribution in [-0.2, 0) is 5.75 Å². The van der Waals surface area contributed by atoms with Crippen LogP contribution in [0, 0.1) is 5.82 Å². The van der Waals surface area contributed by atoms with Gasteiger partial charge in [0.25, 0.3) is 0 Å². The van der Waals surface area contributed by atoms with Crippen molar-refractivity contribution in [3.05, 3.63) is 70.8 Å². The Morgan fingerprint density at radius 3 is 2.44 bits per heavy atom. The van der Waals surface area contributed by atoms with Gasteiger partial charge < -0.3 is 9.30 Å². The highest BCUT2D eigenvalue weighted by atomic mass is 35.5. The van der Waals surface area contributed by atoms with Gasteiger partial charge in [0.05, 0.1) is 0 Å². The second kappa shape index (κ2) is 8.76. The van der Waals surface area contributed by atoms with Gasteiger partial charge in [0.15, 0.2) is 28.7 Å². The highest BCUT2D eigenvalue weighted by Gasteiger charge is 2.22. The van der Waals surface area contributed by atoms with Crippen LogP contribution in [-0.4, -0.2) is 14.8 Å². The zero-order valence-electron chi connectivity index (χ0n) is 15.4. The van der Waals surface area contributed by atoms with E-state index in [0.717, 1.165) is 21.5 Å². The average Bonchev–Trinajstić information content (AvgIpc) is 3.07. The summed E-state index contributed by atoms with van der Waals surface area (Å²) < 4.78 is 21.7. The third kappa shape index (κ3) is 4.82. The lowest BCUT2D eigenvalue weighted by Crippen LogP contribution is -2.14. The number of hydrogen-bond acceptors (Lipinski definition) is 4. The van der Waals surface area contributed by atoms with Crippen LogP contribution < -0.4 is 4.74 Å². The Morgan fingerprint density at radius 2 is 1.78 bits per heavy atom. The lowest BCUT2D eigenvalue weighted by atomic mass is 10.2.